The Labute approximate surface area is 141 Å². The summed E-state index contributed by atoms with van der Waals surface area (Å²) >= 11 is 0. The molecule has 126 valence electrons. The Morgan fingerprint density at radius 1 is 1.08 bits per heavy atom. The van der Waals surface area contributed by atoms with E-state index in [9.17, 15) is 14.8 Å². The highest BCUT2D eigenvalue weighted by molar-refractivity contribution is 6.61. The summed E-state index contributed by atoms with van der Waals surface area (Å²) in [6, 6.07) is 12.3. The van der Waals surface area contributed by atoms with Crippen LogP contribution in [0.4, 0.5) is 0 Å². The van der Waals surface area contributed by atoms with E-state index in [0.717, 1.165) is 5.56 Å². The first-order valence-electron chi connectivity index (χ1n) is 7.45. The Balaban J connectivity index is 2.29. The number of ether oxygens (including phenoxy) is 2. The second-order valence-electron chi connectivity index (χ2n) is 5.27. The summed E-state index contributed by atoms with van der Waals surface area (Å²) in [6.45, 7) is 1.88. The maximum atomic E-state index is 12.5. The van der Waals surface area contributed by atoms with Crippen LogP contribution >= 0.6 is 0 Å². The molecule has 0 aliphatic carbocycles. The van der Waals surface area contributed by atoms with E-state index in [1.165, 1.54) is 26.4 Å². The minimum absolute atomic E-state index is 0.0765. The van der Waals surface area contributed by atoms with E-state index in [0.29, 0.717) is 5.56 Å². The van der Waals surface area contributed by atoms with Crippen LogP contribution in [0.2, 0.25) is 0 Å². The molecule has 7 heteroatoms. The van der Waals surface area contributed by atoms with Crippen LogP contribution < -0.4 is 20.3 Å². The molecule has 1 atom stereocenters. The van der Waals surface area contributed by atoms with Crippen molar-refractivity contribution in [1.82, 2.24) is 5.32 Å². The molecule has 2 rings (SSSR count). The zero-order valence-corrected chi connectivity index (χ0v) is 13.8. The van der Waals surface area contributed by atoms with Gasteiger partial charge in [0.15, 0.2) is 0 Å². The molecule has 0 bridgehead atoms. The van der Waals surface area contributed by atoms with Crippen molar-refractivity contribution in [2.45, 2.75) is 13.0 Å². The van der Waals surface area contributed by atoms with Crippen LogP contribution in [0.1, 0.15) is 28.9 Å². The number of hydrogen-bond acceptors (Lipinski definition) is 5. The van der Waals surface area contributed by atoms with Crippen LogP contribution in [0, 0.1) is 0 Å². The lowest BCUT2D eigenvalue weighted by Crippen LogP contribution is -2.34. The molecule has 0 radical (unpaired) electrons. The largest absolute Gasteiger partial charge is 0.497 e. The fourth-order valence-corrected chi connectivity index (χ4v) is 2.43. The summed E-state index contributed by atoms with van der Waals surface area (Å²) in [5.41, 5.74) is 1.36. The van der Waals surface area contributed by atoms with Crippen LogP contribution in [0.3, 0.4) is 0 Å². The Bertz CT molecular complexity index is 680. The molecule has 0 aromatic heterocycles. The van der Waals surface area contributed by atoms with E-state index in [1.54, 1.807) is 0 Å². The van der Waals surface area contributed by atoms with Crippen molar-refractivity contribution in [2.75, 3.05) is 14.2 Å². The molecule has 2 aromatic rings. The van der Waals surface area contributed by atoms with Gasteiger partial charge in [-0.15, -0.1) is 0 Å². The highest BCUT2D eigenvalue weighted by atomic mass is 16.5. The van der Waals surface area contributed by atoms with E-state index >= 15 is 0 Å². The summed E-state index contributed by atoms with van der Waals surface area (Å²) < 4.78 is 10.3. The van der Waals surface area contributed by atoms with Crippen molar-refractivity contribution < 1.29 is 24.3 Å². The number of amides is 1. The van der Waals surface area contributed by atoms with Gasteiger partial charge in [-0.25, -0.2) is 0 Å². The van der Waals surface area contributed by atoms with Crippen molar-refractivity contribution in [2.24, 2.45) is 0 Å². The summed E-state index contributed by atoms with van der Waals surface area (Å²) in [5, 5.41) is 21.8. The van der Waals surface area contributed by atoms with Gasteiger partial charge < -0.3 is 24.8 Å². The molecule has 6 nitrogen and oxygen atoms in total. The molecule has 2 aromatic carbocycles. The molecular formula is C17H20BNO5. The number of hydrogen-bond donors (Lipinski definition) is 3. The highest BCUT2D eigenvalue weighted by Gasteiger charge is 2.25. The normalized spacial score (nSPS) is 11.5. The Morgan fingerprint density at radius 3 is 2.08 bits per heavy atom. The molecule has 0 saturated carbocycles. The Morgan fingerprint density at radius 2 is 1.62 bits per heavy atom. The van der Waals surface area contributed by atoms with Crippen LogP contribution in [0.25, 0.3) is 0 Å². The van der Waals surface area contributed by atoms with Crippen molar-refractivity contribution >= 4 is 18.5 Å². The van der Waals surface area contributed by atoms with Gasteiger partial charge in [-0.1, -0.05) is 30.3 Å². The molecule has 0 fully saturated rings. The predicted octanol–water partition coefficient (Wildman–Crippen LogP) is 0.875. The minimum Gasteiger partial charge on any atom is -0.497 e. The van der Waals surface area contributed by atoms with E-state index in [1.807, 2.05) is 37.3 Å². The quantitative estimate of drug-likeness (QED) is 0.685. The minimum atomic E-state index is -1.77. The number of rotatable bonds is 6. The Hall–Kier alpha value is -2.51. The first-order valence-corrected chi connectivity index (χ1v) is 7.45. The van der Waals surface area contributed by atoms with Gasteiger partial charge in [0.05, 0.1) is 25.7 Å². The summed E-state index contributed by atoms with van der Waals surface area (Å²) in [7, 11) is 0.999. The Kier molecular flexibility index (Phi) is 5.84. The molecule has 0 heterocycles. The molecule has 0 saturated heterocycles. The van der Waals surface area contributed by atoms with Gasteiger partial charge in [-0.2, -0.15) is 0 Å². The molecule has 0 aliphatic rings. The van der Waals surface area contributed by atoms with Gasteiger partial charge in [0.2, 0.25) is 0 Å². The maximum Gasteiger partial charge on any atom is 0.496 e. The van der Waals surface area contributed by atoms with E-state index in [2.05, 4.69) is 5.32 Å². The smallest absolute Gasteiger partial charge is 0.496 e. The molecule has 24 heavy (non-hydrogen) atoms. The van der Waals surface area contributed by atoms with Gasteiger partial charge in [-0.3, -0.25) is 4.79 Å². The number of carbonyl (C=O) groups is 1. The van der Waals surface area contributed by atoms with E-state index in [-0.39, 0.29) is 28.9 Å². The average molecular weight is 329 g/mol. The summed E-state index contributed by atoms with van der Waals surface area (Å²) in [4.78, 5) is 12.5. The van der Waals surface area contributed by atoms with Gasteiger partial charge in [0.25, 0.3) is 5.91 Å². The second kappa shape index (κ2) is 7.85. The summed E-state index contributed by atoms with van der Waals surface area (Å²) in [6.07, 6.45) is 0. The van der Waals surface area contributed by atoms with Gasteiger partial charge in [0, 0.05) is 5.56 Å². The lowest BCUT2D eigenvalue weighted by Gasteiger charge is -2.17. The number of methoxy groups -OCH3 is 2. The van der Waals surface area contributed by atoms with Crippen molar-refractivity contribution in [3.8, 4) is 11.5 Å². The predicted molar refractivity (Wildman–Crippen MR) is 91.7 cm³/mol. The standard InChI is InChI=1S/C17H20BNO5/c1-11(12-7-5-4-6-8-12)19-17(20)13-9-14(23-2)16(18(21)22)15(10-13)24-3/h4-11,21-22H,1-3H3,(H,19,20)/t11-/m1/s1. The lowest BCUT2D eigenvalue weighted by atomic mass is 9.78. The first-order chi connectivity index (χ1) is 11.5. The third-order valence-corrected chi connectivity index (χ3v) is 3.71. The molecule has 3 N–H and O–H groups in total. The third kappa shape index (κ3) is 3.87. The van der Waals surface area contributed by atoms with Gasteiger partial charge >= 0.3 is 7.12 Å². The highest BCUT2D eigenvalue weighted by Crippen LogP contribution is 2.21. The fraction of sp³-hybridized carbons (Fsp3) is 0.235. The molecule has 1 amide bonds. The van der Waals surface area contributed by atoms with Crippen LogP contribution in [-0.2, 0) is 0 Å². The summed E-state index contributed by atoms with van der Waals surface area (Å²) in [5.74, 6) is 0.0191. The molecule has 0 unspecified atom stereocenters. The molecule has 0 aliphatic heterocycles. The van der Waals surface area contributed by atoms with Crippen LogP contribution in [0.5, 0.6) is 11.5 Å². The fourth-order valence-electron chi connectivity index (χ4n) is 2.43. The van der Waals surface area contributed by atoms with Crippen molar-refractivity contribution in [3.05, 3.63) is 53.6 Å². The number of carbonyl (C=O) groups excluding carboxylic acids is 1. The topological polar surface area (TPSA) is 88.0 Å². The zero-order chi connectivity index (χ0) is 17.7. The van der Waals surface area contributed by atoms with E-state index in [4.69, 9.17) is 9.47 Å². The molecule has 0 spiro atoms. The monoisotopic (exact) mass is 329 g/mol. The van der Waals surface area contributed by atoms with Gasteiger partial charge in [-0.05, 0) is 24.6 Å². The van der Waals surface area contributed by atoms with Crippen LogP contribution in [-0.4, -0.2) is 37.3 Å². The maximum absolute atomic E-state index is 12.5. The number of benzene rings is 2. The van der Waals surface area contributed by atoms with Gasteiger partial charge in [0.1, 0.15) is 11.5 Å². The van der Waals surface area contributed by atoms with Crippen molar-refractivity contribution in [1.29, 1.82) is 0 Å². The SMILES string of the molecule is COc1cc(C(=O)N[C@H](C)c2ccccc2)cc(OC)c1B(O)O. The zero-order valence-electron chi connectivity index (χ0n) is 13.8. The average Bonchev–Trinajstić information content (AvgIpc) is 2.60. The van der Waals surface area contributed by atoms with Crippen molar-refractivity contribution in [3.63, 3.8) is 0 Å². The first kappa shape index (κ1) is 17.8. The third-order valence-electron chi connectivity index (χ3n) is 3.71. The van der Waals surface area contributed by atoms with E-state index < -0.39 is 7.12 Å². The second-order valence-corrected chi connectivity index (χ2v) is 5.27. The number of nitrogens with one attached hydrogen (secondary N) is 1. The lowest BCUT2D eigenvalue weighted by molar-refractivity contribution is 0.0939. The van der Waals surface area contributed by atoms with Crippen LogP contribution in [0.15, 0.2) is 42.5 Å². The molecular weight excluding hydrogens is 309 g/mol.